The van der Waals surface area contributed by atoms with Gasteiger partial charge in [0.1, 0.15) is 0 Å². The average molecular weight is 176 g/mol. The lowest BCUT2D eigenvalue weighted by Crippen LogP contribution is -2.31. The van der Waals surface area contributed by atoms with Gasteiger partial charge in [-0.15, -0.1) is 0 Å². The average Bonchev–Trinajstić information content (AvgIpc) is 2.19. The lowest BCUT2D eigenvalue weighted by molar-refractivity contribution is 0.217. The third kappa shape index (κ3) is 1.94. The van der Waals surface area contributed by atoms with Gasteiger partial charge in [-0.1, -0.05) is 6.07 Å². The predicted molar refractivity (Wildman–Crippen MR) is 51.1 cm³/mol. The van der Waals surface area contributed by atoms with Crippen molar-refractivity contribution in [3.05, 3.63) is 36.2 Å². The standard InChI is InChI=1S/C10H12N2O/c13-10-4-9(6-12-7-10)8-2-1-3-11-5-8/h1-5,10,12-13H,6-7H2. The number of aliphatic hydroxyl groups is 1. The van der Waals surface area contributed by atoms with Crippen LogP contribution in [0.1, 0.15) is 5.56 Å². The van der Waals surface area contributed by atoms with Crippen LogP contribution in [0.4, 0.5) is 0 Å². The minimum absolute atomic E-state index is 0.371. The highest BCUT2D eigenvalue weighted by molar-refractivity contribution is 5.67. The summed E-state index contributed by atoms with van der Waals surface area (Å²) in [6.45, 7) is 1.45. The first kappa shape index (κ1) is 8.41. The molecular weight excluding hydrogens is 164 g/mol. The molecule has 3 nitrogen and oxygen atoms in total. The van der Waals surface area contributed by atoms with Gasteiger partial charge < -0.3 is 10.4 Å². The van der Waals surface area contributed by atoms with E-state index in [0.29, 0.717) is 6.54 Å². The SMILES string of the molecule is OC1C=C(c2cccnc2)CNC1. The highest BCUT2D eigenvalue weighted by atomic mass is 16.3. The van der Waals surface area contributed by atoms with Gasteiger partial charge in [0.25, 0.3) is 0 Å². The van der Waals surface area contributed by atoms with Crippen LogP contribution in [0.2, 0.25) is 0 Å². The van der Waals surface area contributed by atoms with Crippen LogP contribution in [0.15, 0.2) is 30.6 Å². The van der Waals surface area contributed by atoms with Gasteiger partial charge in [0.05, 0.1) is 6.10 Å². The van der Waals surface area contributed by atoms with Gasteiger partial charge in [0.2, 0.25) is 0 Å². The van der Waals surface area contributed by atoms with Gasteiger partial charge in [-0.25, -0.2) is 0 Å². The third-order valence-corrected chi connectivity index (χ3v) is 2.09. The van der Waals surface area contributed by atoms with Crippen molar-refractivity contribution in [1.29, 1.82) is 0 Å². The summed E-state index contributed by atoms with van der Waals surface area (Å²) in [5, 5.41) is 12.5. The summed E-state index contributed by atoms with van der Waals surface area (Å²) in [4.78, 5) is 4.03. The van der Waals surface area contributed by atoms with Gasteiger partial charge >= 0.3 is 0 Å². The Bertz CT molecular complexity index is 308. The van der Waals surface area contributed by atoms with E-state index in [4.69, 9.17) is 0 Å². The van der Waals surface area contributed by atoms with Crippen LogP contribution in [-0.4, -0.2) is 29.3 Å². The number of hydrogen-bond donors (Lipinski definition) is 2. The number of hydrogen-bond acceptors (Lipinski definition) is 3. The first-order valence-corrected chi connectivity index (χ1v) is 4.36. The molecule has 1 unspecified atom stereocenters. The van der Waals surface area contributed by atoms with Crippen LogP contribution in [0.3, 0.4) is 0 Å². The van der Waals surface area contributed by atoms with E-state index in [0.717, 1.165) is 17.7 Å². The second kappa shape index (κ2) is 3.68. The summed E-state index contributed by atoms with van der Waals surface area (Å²) in [5.74, 6) is 0. The van der Waals surface area contributed by atoms with Gasteiger partial charge in [-0.05, 0) is 23.3 Å². The fourth-order valence-electron chi connectivity index (χ4n) is 1.46. The van der Waals surface area contributed by atoms with Gasteiger partial charge in [0, 0.05) is 25.5 Å². The Kier molecular flexibility index (Phi) is 2.38. The molecule has 0 aromatic carbocycles. The monoisotopic (exact) mass is 176 g/mol. The smallest absolute Gasteiger partial charge is 0.0851 e. The molecule has 0 saturated carbocycles. The summed E-state index contributed by atoms with van der Waals surface area (Å²) in [6, 6.07) is 3.90. The number of nitrogens with zero attached hydrogens (tertiary/aromatic N) is 1. The molecule has 2 heterocycles. The normalized spacial score (nSPS) is 22.5. The molecule has 2 N–H and O–H groups in total. The summed E-state index contributed by atoms with van der Waals surface area (Å²) >= 11 is 0. The number of nitrogens with one attached hydrogen (secondary N) is 1. The van der Waals surface area contributed by atoms with Crippen LogP contribution in [-0.2, 0) is 0 Å². The van der Waals surface area contributed by atoms with E-state index in [1.54, 1.807) is 6.20 Å². The first-order chi connectivity index (χ1) is 6.36. The van der Waals surface area contributed by atoms with Crippen molar-refractivity contribution >= 4 is 5.57 Å². The van der Waals surface area contributed by atoms with Crippen molar-refractivity contribution in [2.45, 2.75) is 6.10 Å². The fourth-order valence-corrected chi connectivity index (χ4v) is 1.46. The molecule has 0 spiro atoms. The topological polar surface area (TPSA) is 45.2 Å². The van der Waals surface area contributed by atoms with E-state index in [-0.39, 0.29) is 6.10 Å². The zero-order chi connectivity index (χ0) is 9.10. The van der Waals surface area contributed by atoms with Crippen LogP contribution in [0, 0.1) is 0 Å². The molecule has 1 aromatic heterocycles. The summed E-state index contributed by atoms with van der Waals surface area (Å²) in [7, 11) is 0. The summed E-state index contributed by atoms with van der Waals surface area (Å²) in [5.41, 5.74) is 2.20. The molecule has 1 aliphatic rings. The lowest BCUT2D eigenvalue weighted by Gasteiger charge is -2.18. The van der Waals surface area contributed by atoms with E-state index in [1.807, 2.05) is 24.4 Å². The Morgan fingerprint density at radius 2 is 2.46 bits per heavy atom. The molecule has 1 atom stereocenters. The van der Waals surface area contributed by atoms with Crippen LogP contribution in [0.25, 0.3) is 5.57 Å². The molecule has 1 aromatic rings. The van der Waals surface area contributed by atoms with Crippen molar-refractivity contribution < 1.29 is 5.11 Å². The molecule has 13 heavy (non-hydrogen) atoms. The molecule has 0 saturated heterocycles. The van der Waals surface area contributed by atoms with Crippen molar-refractivity contribution in [2.24, 2.45) is 0 Å². The number of aromatic nitrogens is 1. The third-order valence-electron chi connectivity index (χ3n) is 2.09. The van der Waals surface area contributed by atoms with Gasteiger partial charge in [0.15, 0.2) is 0 Å². The molecule has 1 aliphatic heterocycles. The van der Waals surface area contributed by atoms with Gasteiger partial charge in [-0.2, -0.15) is 0 Å². The molecule has 2 rings (SSSR count). The second-order valence-electron chi connectivity index (χ2n) is 3.13. The zero-order valence-electron chi connectivity index (χ0n) is 7.27. The number of aliphatic hydroxyl groups excluding tert-OH is 1. The molecule has 0 aliphatic carbocycles. The van der Waals surface area contributed by atoms with E-state index >= 15 is 0 Å². The summed E-state index contributed by atoms with van der Waals surface area (Å²) < 4.78 is 0. The van der Waals surface area contributed by atoms with Crippen molar-refractivity contribution in [1.82, 2.24) is 10.3 Å². The van der Waals surface area contributed by atoms with Crippen LogP contribution < -0.4 is 5.32 Å². The lowest BCUT2D eigenvalue weighted by atomic mass is 10.0. The van der Waals surface area contributed by atoms with Crippen molar-refractivity contribution in [3.63, 3.8) is 0 Å². The minimum Gasteiger partial charge on any atom is -0.388 e. The maximum atomic E-state index is 9.38. The van der Waals surface area contributed by atoms with Crippen molar-refractivity contribution in [3.8, 4) is 0 Å². The Hall–Kier alpha value is -1.19. The van der Waals surface area contributed by atoms with E-state index in [2.05, 4.69) is 10.3 Å². The van der Waals surface area contributed by atoms with Crippen LogP contribution in [0.5, 0.6) is 0 Å². The Morgan fingerprint density at radius 1 is 1.54 bits per heavy atom. The van der Waals surface area contributed by atoms with Crippen molar-refractivity contribution in [2.75, 3.05) is 13.1 Å². The Morgan fingerprint density at radius 3 is 3.15 bits per heavy atom. The molecule has 0 bridgehead atoms. The predicted octanol–water partition coefficient (Wildman–Crippen LogP) is 0.429. The number of rotatable bonds is 1. The van der Waals surface area contributed by atoms with E-state index < -0.39 is 0 Å². The number of pyridine rings is 1. The molecule has 0 amide bonds. The second-order valence-corrected chi connectivity index (χ2v) is 3.13. The first-order valence-electron chi connectivity index (χ1n) is 4.36. The largest absolute Gasteiger partial charge is 0.388 e. The van der Waals surface area contributed by atoms with E-state index in [1.165, 1.54) is 0 Å². The molecule has 0 radical (unpaired) electrons. The maximum absolute atomic E-state index is 9.38. The Balaban J connectivity index is 2.26. The minimum atomic E-state index is -0.371. The Labute approximate surface area is 77.1 Å². The molecule has 0 fully saturated rings. The quantitative estimate of drug-likeness (QED) is 0.652. The molecular formula is C10H12N2O. The van der Waals surface area contributed by atoms with Crippen LogP contribution >= 0.6 is 0 Å². The number of β-amino-alcohol motifs (C(OH)–C–C–N with tert-alkyl or cyclic N) is 1. The summed E-state index contributed by atoms with van der Waals surface area (Å²) in [6.07, 6.45) is 5.07. The zero-order valence-corrected chi connectivity index (χ0v) is 7.27. The highest BCUT2D eigenvalue weighted by Gasteiger charge is 2.10. The maximum Gasteiger partial charge on any atom is 0.0851 e. The fraction of sp³-hybridized carbons (Fsp3) is 0.300. The highest BCUT2D eigenvalue weighted by Crippen LogP contribution is 2.14. The van der Waals surface area contributed by atoms with E-state index in [9.17, 15) is 5.11 Å². The molecule has 68 valence electrons. The molecule has 3 heteroatoms. The van der Waals surface area contributed by atoms with Gasteiger partial charge in [-0.3, -0.25) is 4.98 Å².